The lowest BCUT2D eigenvalue weighted by Crippen LogP contribution is -2.32. The van der Waals surface area contributed by atoms with Crippen molar-refractivity contribution in [3.8, 4) is 0 Å². The molecule has 0 saturated carbocycles. The Kier molecular flexibility index (Phi) is 7.22. The molecule has 1 aromatic rings. The van der Waals surface area contributed by atoms with Gasteiger partial charge in [0.05, 0.1) is 4.90 Å². The summed E-state index contributed by atoms with van der Waals surface area (Å²) in [6.07, 6.45) is 3.12. The molecular formula is C17H28N2O3S. The molecule has 0 aliphatic carbocycles. The zero-order valence-corrected chi connectivity index (χ0v) is 15.5. The Labute approximate surface area is 140 Å². The molecule has 1 unspecified atom stereocenters. The van der Waals surface area contributed by atoms with Gasteiger partial charge in [-0.1, -0.05) is 32.8 Å². The van der Waals surface area contributed by atoms with Gasteiger partial charge in [0.2, 0.25) is 10.0 Å². The maximum atomic E-state index is 12.3. The van der Waals surface area contributed by atoms with Crippen LogP contribution in [0.25, 0.3) is 0 Å². The van der Waals surface area contributed by atoms with E-state index in [-0.39, 0.29) is 16.8 Å². The van der Waals surface area contributed by atoms with Crippen LogP contribution in [0.1, 0.15) is 50.4 Å². The number of hydrogen-bond donors (Lipinski definition) is 1. The smallest absolute Gasteiger partial charge is 0.251 e. The number of sulfonamides is 1. The number of carbonyl (C=O) groups is 1. The van der Waals surface area contributed by atoms with Crippen molar-refractivity contribution in [2.24, 2.45) is 5.92 Å². The molecule has 1 aromatic carbocycles. The van der Waals surface area contributed by atoms with Crippen LogP contribution in [0, 0.1) is 5.92 Å². The van der Waals surface area contributed by atoms with Crippen LogP contribution in [-0.4, -0.2) is 38.8 Å². The average molecular weight is 340 g/mol. The van der Waals surface area contributed by atoms with Gasteiger partial charge in [-0.15, -0.1) is 0 Å². The van der Waals surface area contributed by atoms with Crippen LogP contribution in [0.4, 0.5) is 0 Å². The topological polar surface area (TPSA) is 66.5 Å². The van der Waals surface area contributed by atoms with Crippen LogP contribution in [0.5, 0.6) is 0 Å². The first-order chi connectivity index (χ1) is 10.6. The van der Waals surface area contributed by atoms with Gasteiger partial charge in [0, 0.05) is 25.7 Å². The van der Waals surface area contributed by atoms with Crippen molar-refractivity contribution in [3.63, 3.8) is 0 Å². The Bertz CT molecular complexity index is 624. The first-order valence-corrected chi connectivity index (χ1v) is 9.42. The van der Waals surface area contributed by atoms with E-state index < -0.39 is 10.0 Å². The molecule has 0 aromatic heterocycles. The van der Waals surface area contributed by atoms with Gasteiger partial charge < -0.3 is 5.32 Å². The van der Waals surface area contributed by atoms with Gasteiger partial charge in [-0.25, -0.2) is 12.7 Å². The van der Waals surface area contributed by atoms with Crippen LogP contribution >= 0.6 is 0 Å². The summed E-state index contributed by atoms with van der Waals surface area (Å²) in [4.78, 5) is 12.4. The normalized spacial score (nSPS) is 13.3. The van der Waals surface area contributed by atoms with Crippen molar-refractivity contribution in [1.29, 1.82) is 0 Å². The second kappa shape index (κ2) is 8.45. The maximum absolute atomic E-state index is 12.3. The lowest BCUT2D eigenvalue weighted by Gasteiger charge is -2.16. The molecule has 1 atom stereocenters. The molecule has 0 aliphatic heterocycles. The lowest BCUT2D eigenvalue weighted by atomic mass is 10.0. The van der Waals surface area contributed by atoms with E-state index >= 15 is 0 Å². The molecule has 1 N–H and O–H groups in total. The fraction of sp³-hybridized carbons (Fsp3) is 0.588. The maximum Gasteiger partial charge on any atom is 0.251 e. The molecule has 6 heteroatoms. The fourth-order valence-electron chi connectivity index (χ4n) is 2.22. The van der Waals surface area contributed by atoms with Crippen molar-refractivity contribution in [2.75, 3.05) is 14.1 Å². The number of nitrogens with one attached hydrogen (secondary N) is 1. The van der Waals surface area contributed by atoms with Crippen molar-refractivity contribution in [1.82, 2.24) is 9.62 Å². The summed E-state index contributed by atoms with van der Waals surface area (Å²) in [6, 6.07) is 6.21. The van der Waals surface area contributed by atoms with E-state index in [9.17, 15) is 13.2 Å². The van der Waals surface area contributed by atoms with Gasteiger partial charge in [0.15, 0.2) is 0 Å². The second-order valence-electron chi connectivity index (χ2n) is 6.51. The molecule has 130 valence electrons. The molecule has 23 heavy (non-hydrogen) atoms. The summed E-state index contributed by atoms with van der Waals surface area (Å²) in [6.45, 7) is 6.33. The Balaban J connectivity index is 2.74. The number of amides is 1. The number of nitrogens with zero attached hydrogens (tertiary/aromatic N) is 1. The fourth-order valence-corrected chi connectivity index (χ4v) is 3.17. The molecule has 0 fully saturated rings. The van der Waals surface area contributed by atoms with E-state index in [1.807, 2.05) is 6.92 Å². The van der Waals surface area contributed by atoms with E-state index in [0.717, 1.165) is 23.6 Å². The van der Waals surface area contributed by atoms with Gasteiger partial charge >= 0.3 is 0 Å². The van der Waals surface area contributed by atoms with Gasteiger partial charge in [-0.05, 0) is 37.5 Å². The third-order valence-electron chi connectivity index (χ3n) is 3.67. The molecule has 1 amide bonds. The van der Waals surface area contributed by atoms with Crippen LogP contribution < -0.4 is 5.32 Å². The lowest BCUT2D eigenvalue weighted by molar-refractivity contribution is 0.0937. The van der Waals surface area contributed by atoms with Crippen molar-refractivity contribution < 1.29 is 13.2 Å². The minimum atomic E-state index is -3.53. The van der Waals surface area contributed by atoms with E-state index in [0.29, 0.717) is 11.5 Å². The van der Waals surface area contributed by atoms with E-state index in [2.05, 4.69) is 19.2 Å². The predicted molar refractivity (Wildman–Crippen MR) is 92.9 cm³/mol. The van der Waals surface area contributed by atoms with Crippen LogP contribution in [0.15, 0.2) is 29.2 Å². The molecule has 0 aliphatic rings. The summed E-state index contributed by atoms with van der Waals surface area (Å²) < 4.78 is 25.4. The molecule has 0 saturated heterocycles. The summed E-state index contributed by atoms with van der Waals surface area (Å²) in [5.41, 5.74) is 0.364. The average Bonchev–Trinajstić information content (AvgIpc) is 2.46. The predicted octanol–water partition coefficient (Wildman–Crippen LogP) is 2.88. The third kappa shape index (κ3) is 5.95. The van der Waals surface area contributed by atoms with Crippen molar-refractivity contribution in [2.45, 2.75) is 51.0 Å². The zero-order chi connectivity index (χ0) is 17.6. The highest BCUT2D eigenvalue weighted by molar-refractivity contribution is 7.89. The van der Waals surface area contributed by atoms with Crippen LogP contribution in [0.2, 0.25) is 0 Å². The SMILES string of the molecule is CC(C)CCCC(C)NC(=O)c1cccc(S(=O)(=O)N(C)C)c1. The monoisotopic (exact) mass is 340 g/mol. The van der Waals surface area contributed by atoms with Gasteiger partial charge in [0.25, 0.3) is 5.91 Å². The Hall–Kier alpha value is -1.40. The first-order valence-electron chi connectivity index (χ1n) is 7.98. The quantitative estimate of drug-likeness (QED) is 0.791. The highest BCUT2D eigenvalue weighted by Gasteiger charge is 2.19. The Morgan fingerprint density at radius 2 is 1.83 bits per heavy atom. The highest BCUT2D eigenvalue weighted by Crippen LogP contribution is 2.15. The van der Waals surface area contributed by atoms with Gasteiger partial charge in [-0.3, -0.25) is 4.79 Å². The summed E-state index contributed by atoms with van der Waals surface area (Å²) in [7, 11) is -0.590. The Morgan fingerprint density at radius 1 is 1.17 bits per heavy atom. The summed E-state index contributed by atoms with van der Waals surface area (Å²) in [5.74, 6) is 0.420. The van der Waals surface area contributed by atoms with Crippen molar-refractivity contribution in [3.05, 3.63) is 29.8 Å². The first kappa shape index (κ1) is 19.6. The minimum Gasteiger partial charge on any atom is -0.350 e. The largest absolute Gasteiger partial charge is 0.350 e. The second-order valence-corrected chi connectivity index (χ2v) is 8.67. The standard InChI is InChI=1S/C17H28N2O3S/c1-13(2)8-6-9-14(3)18-17(20)15-10-7-11-16(12-15)23(21,22)19(4)5/h7,10-14H,6,8-9H2,1-5H3,(H,18,20). The van der Waals surface area contributed by atoms with Gasteiger partial charge in [-0.2, -0.15) is 0 Å². The molecule has 1 rings (SSSR count). The van der Waals surface area contributed by atoms with E-state index in [4.69, 9.17) is 0 Å². The minimum absolute atomic E-state index is 0.0652. The molecule has 0 bridgehead atoms. The third-order valence-corrected chi connectivity index (χ3v) is 5.48. The molecule has 0 spiro atoms. The van der Waals surface area contributed by atoms with Gasteiger partial charge in [0.1, 0.15) is 0 Å². The van der Waals surface area contributed by atoms with E-state index in [1.54, 1.807) is 12.1 Å². The molecule has 5 nitrogen and oxygen atoms in total. The Morgan fingerprint density at radius 3 is 2.39 bits per heavy atom. The van der Waals surface area contributed by atoms with Crippen molar-refractivity contribution >= 4 is 15.9 Å². The van der Waals surface area contributed by atoms with E-state index in [1.165, 1.54) is 26.2 Å². The number of benzene rings is 1. The number of rotatable bonds is 8. The highest BCUT2D eigenvalue weighted by atomic mass is 32.2. The zero-order valence-electron chi connectivity index (χ0n) is 14.7. The molecular weight excluding hydrogens is 312 g/mol. The number of carbonyl (C=O) groups excluding carboxylic acids is 1. The summed E-state index contributed by atoms with van der Waals surface area (Å²) >= 11 is 0. The van der Waals surface area contributed by atoms with Crippen LogP contribution in [-0.2, 0) is 10.0 Å². The summed E-state index contributed by atoms with van der Waals surface area (Å²) in [5, 5.41) is 2.93. The molecule has 0 heterocycles. The number of hydrogen-bond acceptors (Lipinski definition) is 3. The van der Waals surface area contributed by atoms with Crippen LogP contribution in [0.3, 0.4) is 0 Å². The molecule has 0 radical (unpaired) electrons.